The predicted molar refractivity (Wildman–Crippen MR) is 75.7 cm³/mol. The number of nitrogen functional groups attached to an aromatic ring is 1. The molecule has 4 heteroatoms. The fraction of sp³-hybridized carbons (Fsp3) is 0.357. The summed E-state index contributed by atoms with van der Waals surface area (Å²) in [7, 11) is 1.71. The van der Waals surface area contributed by atoms with E-state index in [1.165, 1.54) is 0 Å². The lowest BCUT2D eigenvalue weighted by Crippen LogP contribution is -2.32. The number of rotatable bonds is 4. The van der Waals surface area contributed by atoms with Gasteiger partial charge in [-0.05, 0) is 32.0 Å². The lowest BCUT2D eigenvalue weighted by Gasteiger charge is -2.24. The second kappa shape index (κ2) is 4.82. The van der Waals surface area contributed by atoms with Gasteiger partial charge in [0.1, 0.15) is 0 Å². The van der Waals surface area contributed by atoms with E-state index in [1.807, 2.05) is 38.2 Å². The van der Waals surface area contributed by atoms with Crippen molar-refractivity contribution in [3.8, 4) is 0 Å². The molecule has 0 unspecified atom stereocenters. The number of nitrogens with zero attached hydrogens (tertiary/aromatic N) is 1. The van der Waals surface area contributed by atoms with E-state index in [9.17, 15) is 0 Å². The minimum atomic E-state index is -0.212. The zero-order valence-electron chi connectivity index (χ0n) is 11.0. The maximum absolute atomic E-state index is 5.95. The number of pyridine rings is 1. The summed E-state index contributed by atoms with van der Waals surface area (Å²) < 4.78 is 5.39. The summed E-state index contributed by atoms with van der Waals surface area (Å²) in [6.07, 6.45) is 3.58. The lowest BCUT2D eigenvalue weighted by molar-refractivity contribution is 0.0344. The van der Waals surface area contributed by atoms with Crippen molar-refractivity contribution in [1.29, 1.82) is 0 Å². The van der Waals surface area contributed by atoms with E-state index in [0.29, 0.717) is 0 Å². The highest BCUT2D eigenvalue weighted by molar-refractivity contribution is 6.00. The van der Waals surface area contributed by atoms with E-state index < -0.39 is 0 Å². The molecular weight excluding hydrogens is 226 g/mol. The number of aromatic nitrogens is 1. The van der Waals surface area contributed by atoms with Crippen LogP contribution >= 0.6 is 0 Å². The summed E-state index contributed by atoms with van der Waals surface area (Å²) in [5.41, 5.74) is 7.53. The topological polar surface area (TPSA) is 60.2 Å². The maximum Gasteiger partial charge on any atom is 0.0794 e. The van der Waals surface area contributed by atoms with Crippen molar-refractivity contribution < 1.29 is 4.74 Å². The predicted octanol–water partition coefficient (Wildman–Crippen LogP) is 2.65. The van der Waals surface area contributed by atoms with Gasteiger partial charge >= 0.3 is 0 Å². The van der Waals surface area contributed by atoms with Crippen LogP contribution in [0.3, 0.4) is 0 Å². The van der Waals surface area contributed by atoms with Gasteiger partial charge in [0.15, 0.2) is 0 Å². The monoisotopic (exact) mass is 245 g/mol. The molecule has 0 radical (unpaired) electrons. The number of nitrogens with one attached hydrogen (secondary N) is 1. The Labute approximate surface area is 107 Å². The van der Waals surface area contributed by atoms with Crippen LogP contribution in [0.1, 0.15) is 13.8 Å². The van der Waals surface area contributed by atoms with Crippen LogP contribution in [-0.4, -0.2) is 24.2 Å². The van der Waals surface area contributed by atoms with Gasteiger partial charge in [-0.25, -0.2) is 0 Å². The number of fused-ring (bicyclic) bond motifs is 1. The van der Waals surface area contributed by atoms with Gasteiger partial charge in [-0.1, -0.05) is 0 Å². The quantitative estimate of drug-likeness (QED) is 0.813. The number of nitrogens with two attached hydrogens (primary N) is 1. The lowest BCUT2D eigenvalue weighted by atomic mass is 10.1. The van der Waals surface area contributed by atoms with Crippen LogP contribution in [0.25, 0.3) is 10.8 Å². The van der Waals surface area contributed by atoms with Crippen LogP contribution < -0.4 is 11.1 Å². The van der Waals surface area contributed by atoms with Crippen LogP contribution in [0.2, 0.25) is 0 Å². The molecule has 0 fully saturated rings. The van der Waals surface area contributed by atoms with Crippen LogP contribution in [0.5, 0.6) is 0 Å². The van der Waals surface area contributed by atoms with E-state index in [0.717, 1.165) is 28.7 Å². The first-order valence-electron chi connectivity index (χ1n) is 5.95. The van der Waals surface area contributed by atoms with Gasteiger partial charge < -0.3 is 15.8 Å². The third kappa shape index (κ3) is 2.54. The molecule has 1 aromatic heterocycles. The summed E-state index contributed by atoms with van der Waals surface area (Å²) in [5.74, 6) is 0. The number of benzene rings is 1. The Morgan fingerprint density at radius 1 is 1.28 bits per heavy atom. The fourth-order valence-corrected chi connectivity index (χ4v) is 1.75. The van der Waals surface area contributed by atoms with Crippen molar-refractivity contribution in [3.63, 3.8) is 0 Å². The third-order valence-electron chi connectivity index (χ3n) is 3.11. The van der Waals surface area contributed by atoms with Gasteiger partial charge in [0.05, 0.1) is 5.60 Å². The molecular formula is C14H19N3O. The van der Waals surface area contributed by atoms with Gasteiger partial charge in [-0.15, -0.1) is 0 Å². The second-order valence-corrected chi connectivity index (χ2v) is 4.94. The van der Waals surface area contributed by atoms with Crippen LogP contribution in [-0.2, 0) is 4.74 Å². The molecule has 0 aliphatic carbocycles. The van der Waals surface area contributed by atoms with E-state index in [2.05, 4.69) is 10.3 Å². The Balaban J connectivity index is 2.32. The molecule has 0 saturated carbocycles. The highest BCUT2D eigenvalue weighted by Gasteiger charge is 2.16. The molecule has 0 saturated heterocycles. The highest BCUT2D eigenvalue weighted by atomic mass is 16.5. The Kier molecular flexibility index (Phi) is 3.39. The van der Waals surface area contributed by atoms with E-state index in [4.69, 9.17) is 10.5 Å². The van der Waals surface area contributed by atoms with Crippen molar-refractivity contribution in [3.05, 3.63) is 30.6 Å². The molecule has 96 valence electrons. The molecule has 0 aliphatic heterocycles. The molecule has 1 heterocycles. The van der Waals surface area contributed by atoms with Crippen LogP contribution in [0.15, 0.2) is 30.6 Å². The van der Waals surface area contributed by atoms with Crippen LogP contribution in [0, 0.1) is 0 Å². The van der Waals surface area contributed by atoms with Gasteiger partial charge in [-0.2, -0.15) is 0 Å². The zero-order chi connectivity index (χ0) is 13.2. The van der Waals surface area contributed by atoms with Gasteiger partial charge in [0.2, 0.25) is 0 Å². The average molecular weight is 245 g/mol. The van der Waals surface area contributed by atoms with E-state index in [1.54, 1.807) is 13.3 Å². The standard InChI is InChI=1S/C14H19N3O/c1-14(2,18-3)9-17-13-5-4-12(15)10-6-7-16-8-11(10)13/h4-8,17H,9,15H2,1-3H3. The highest BCUT2D eigenvalue weighted by Crippen LogP contribution is 2.27. The molecule has 0 aliphatic rings. The minimum absolute atomic E-state index is 0.212. The first-order valence-corrected chi connectivity index (χ1v) is 5.95. The van der Waals surface area contributed by atoms with E-state index >= 15 is 0 Å². The van der Waals surface area contributed by atoms with Crippen molar-refractivity contribution in [2.45, 2.75) is 19.4 Å². The van der Waals surface area contributed by atoms with Crippen molar-refractivity contribution in [1.82, 2.24) is 4.98 Å². The normalized spacial score (nSPS) is 11.7. The second-order valence-electron chi connectivity index (χ2n) is 4.94. The Morgan fingerprint density at radius 2 is 2.06 bits per heavy atom. The molecule has 4 nitrogen and oxygen atoms in total. The molecule has 1 aromatic carbocycles. The average Bonchev–Trinajstić information content (AvgIpc) is 2.38. The largest absolute Gasteiger partial charge is 0.398 e. The summed E-state index contributed by atoms with van der Waals surface area (Å²) in [6, 6.07) is 5.81. The zero-order valence-corrected chi connectivity index (χ0v) is 11.0. The summed E-state index contributed by atoms with van der Waals surface area (Å²) in [6.45, 7) is 4.80. The maximum atomic E-state index is 5.95. The van der Waals surface area contributed by atoms with Gasteiger partial charge in [0.25, 0.3) is 0 Å². The molecule has 2 aromatic rings. The smallest absolute Gasteiger partial charge is 0.0794 e. The molecule has 0 amide bonds. The number of hydrogen-bond acceptors (Lipinski definition) is 4. The summed E-state index contributed by atoms with van der Waals surface area (Å²) >= 11 is 0. The minimum Gasteiger partial charge on any atom is -0.398 e. The van der Waals surface area contributed by atoms with Crippen molar-refractivity contribution in [2.75, 3.05) is 24.7 Å². The molecule has 2 rings (SSSR count). The van der Waals surface area contributed by atoms with E-state index in [-0.39, 0.29) is 5.60 Å². The Bertz CT molecular complexity index is 552. The Morgan fingerprint density at radius 3 is 2.78 bits per heavy atom. The molecule has 0 atom stereocenters. The summed E-state index contributed by atoms with van der Waals surface area (Å²) in [4.78, 5) is 4.15. The van der Waals surface area contributed by atoms with Crippen molar-refractivity contribution in [2.24, 2.45) is 0 Å². The number of methoxy groups -OCH3 is 1. The number of anilines is 2. The van der Waals surface area contributed by atoms with Gasteiger partial charge in [-0.3, -0.25) is 4.98 Å². The number of hydrogen-bond donors (Lipinski definition) is 2. The SMILES string of the molecule is COC(C)(C)CNc1ccc(N)c2ccncc12. The fourth-order valence-electron chi connectivity index (χ4n) is 1.75. The Hall–Kier alpha value is -1.81. The summed E-state index contributed by atoms with van der Waals surface area (Å²) in [5, 5.41) is 5.44. The molecule has 0 spiro atoms. The first kappa shape index (κ1) is 12.6. The number of ether oxygens (including phenoxy) is 1. The molecule has 18 heavy (non-hydrogen) atoms. The molecule has 0 bridgehead atoms. The van der Waals surface area contributed by atoms with Crippen molar-refractivity contribution >= 4 is 22.1 Å². The van der Waals surface area contributed by atoms with Gasteiger partial charge in [0, 0.05) is 48.2 Å². The first-order chi connectivity index (χ1) is 8.53. The third-order valence-corrected chi connectivity index (χ3v) is 3.11. The molecule has 3 N–H and O–H groups in total. The van der Waals surface area contributed by atoms with Crippen LogP contribution in [0.4, 0.5) is 11.4 Å².